The molecule has 0 bridgehead atoms. The molecule has 0 aliphatic rings. The van der Waals surface area contributed by atoms with Crippen LogP contribution in [0.3, 0.4) is 0 Å². The second kappa shape index (κ2) is 6.04. The highest BCUT2D eigenvalue weighted by Gasteiger charge is 2.12. The maximum atomic E-state index is 11.9. The fourth-order valence-electron chi connectivity index (χ4n) is 1.85. The highest BCUT2D eigenvalue weighted by atomic mass is 79.9. The molecule has 1 atom stereocenters. The van der Waals surface area contributed by atoms with E-state index in [1.165, 1.54) is 0 Å². The molecule has 0 saturated heterocycles. The van der Waals surface area contributed by atoms with Gasteiger partial charge in [-0.1, -0.05) is 22.0 Å². The second-order valence-electron chi connectivity index (χ2n) is 4.28. The van der Waals surface area contributed by atoms with Gasteiger partial charge in [-0.3, -0.25) is 4.79 Å². The van der Waals surface area contributed by atoms with Crippen molar-refractivity contribution in [3.8, 4) is 0 Å². The average Bonchev–Trinajstić information content (AvgIpc) is 2.82. The number of aliphatic hydroxyl groups is 1. The Bertz CT molecular complexity index is 580. The van der Waals surface area contributed by atoms with Crippen LogP contribution in [0.15, 0.2) is 47.1 Å². The zero-order valence-electron chi connectivity index (χ0n) is 10.5. The molecule has 0 aliphatic heterocycles. The first kappa shape index (κ1) is 13.8. The molecule has 1 aromatic carbocycles. The number of hydrogen-bond acceptors (Lipinski definition) is 2. The van der Waals surface area contributed by atoms with Crippen LogP contribution in [0.2, 0.25) is 0 Å². The lowest BCUT2D eigenvalue weighted by molar-refractivity contribution is 0.0912. The monoisotopic (exact) mass is 322 g/mol. The van der Waals surface area contributed by atoms with Crippen LogP contribution in [0.4, 0.5) is 0 Å². The number of rotatable bonds is 4. The second-order valence-corrected chi connectivity index (χ2v) is 5.20. The van der Waals surface area contributed by atoms with E-state index in [1.807, 2.05) is 36.0 Å². The van der Waals surface area contributed by atoms with Crippen molar-refractivity contribution in [3.05, 3.63) is 58.3 Å². The average molecular weight is 323 g/mol. The first-order valence-corrected chi connectivity index (χ1v) is 6.70. The van der Waals surface area contributed by atoms with Crippen LogP contribution in [0, 0.1) is 0 Å². The molecule has 0 saturated carbocycles. The predicted octanol–water partition coefficient (Wildman–Crippen LogP) is 2.25. The van der Waals surface area contributed by atoms with Crippen LogP contribution in [-0.4, -0.2) is 22.1 Å². The first-order valence-electron chi connectivity index (χ1n) is 5.91. The highest BCUT2D eigenvalue weighted by Crippen LogP contribution is 2.13. The SMILES string of the molecule is Cn1cccc1C(O)CNC(=O)c1cccc(Br)c1. The van der Waals surface area contributed by atoms with Crippen LogP contribution in [0.25, 0.3) is 0 Å². The lowest BCUT2D eigenvalue weighted by Crippen LogP contribution is -2.29. The Labute approximate surface area is 120 Å². The third kappa shape index (κ3) is 3.45. The van der Waals surface area contributed by atoms with Crippen molar-refractivity contribution in [2.75, 3.05) is 6.54 Å². The summed E-state index contributed by atoms with van der Waals surface area (Å²) in [6.07, 6.45) is 1.14. The van der Waals surface area contributed by atoms with Gasteiger partial charge in [-0.15, -0.1) is 0 Å². The molecule has 4 nitrogen and oxygen atoms in total. The third-order valence-electron chi connectivity index (χ3n) is 2.87. The zero-order valence-corrected chi connectivity index (χ0v) is 12.1. The Hall–Kier alpha value is -1.59. The Kier molecular flexibility index (Phi) is 4.39. The minimum absolute atomic E-state index is 0.184. The van der Waals surface area contributed by atoms with Crippen molar-refractivity contribution in [2.24, 2.45) is 7.05 Å². The molecule has 2 rings (SSSR count). The molecule has 0 aliphatic carbocycles. The fourth-order valence-corrected chi connectivity index (χ4v) is 2.25. The van der Waals surface area contributed by atoms with Crippen molar-refractivity contribution in [3.63, 3.8) is 0 Å². The summed E-state index contributed by atoms with van der Waals surface area (Å²) in [7, 11) is 1.86. The number of halogens is 1. The number of hydrogen-bond donors (Lipinski definition) is 2. The van der Waals surface area contributed by atoms with E-state index in [9.17, 15) is 9.90 Å². The maximum Gasteiger partial charge on any atom is 0.251 e. The largest absolute Gasteiger partial charge is 0.385 e. The molecular weight excluding hydrogens is 308 g/mol. The minimum atomic E-state index is -0.712. The number of carbonyl (C=O) groups is 1. The molecule has 1 heterocycles. The summed E-state index contributed by atoms with van der Waals surface area (Å²) in [4.78, 5) is 11.9. The van der Waals surface area contributed by atoms with Gasteiger partial charge in [-0.05, 0) is 30.3 Å². The summed E-state index contributed by atoms with van der Waals surface area (Å²) in [6.45, 7) is 0.184. The fraction of sp³-hybridized carbons (Fsp3) is 0.214. The standard InChI is InChI=1S/C14H15BrN2O2/c1-17-7-3-6-12(17)13(18)9-16-14(19)10-4-2-5-11(15)8-10/h2-8,13,18H,9H2,1H3,(H,16,19). The van der Waals surface area contributed by atoms with Gasteiger partial charge in [0.05, 0.1) is 0 Å². The molecule has 2 aromatic rings. The smallest absolute Gasteiger partial charge is 0.251 e. The van der Waals surface area contributed by atoms with Crippen molar-refractivity contribution >= 4 is 21.8 Å². The van der Waals surface area contributed by atoms with Gasteiger partial charge in [0.1, 0.15) is 6.10 Å². The number of nitrogens with zero attached hydrogens (tertiary/aromatic N) is 1. The maximum absolute atomic E-state index is 11.9. The van der Waals surface area contributed by atoms with E-state index in [1.54, 1.807) is 18.2 Å². The molecular formula is C14H15BrN2O2. The highest BCUT2D eigenvalue weighted by molar-refractivity contribution is 9.10. The van der Waals surface area contributed by atoms with Crippen LogP contribution >= 0.6 is 15.9 Å². The van der Waals surface area contributed by atoms with E-state index in [0.29, 0.717) is 5.56 Å². The Balaban J connectivity index is 1.96. The van der Waals surface area contributed by atoms with Crippen molar-refractivity contribution < 1.29 is 9.90 Å². The molecule has 19 heavy (non-hydrogen) atoms. The van der Waals surface area contributed by atoms with E-state index in [0.717, 1.165) is 10.2 Å². The van der Waals surface area contributed by atoms with E-state index < -0.39 is 6.10 Å². The van der Waals surface area contributed by atoms with Gasteiger partial charge in [0.15, 0.2) is 0 Å². The van der Waals surface area contributed by atoms with Gasteiger partial charge in [-0.25, -0.2) is 0 Å². The van der Waals surface area contributed by atoms with Crippen molar-refractivity contribution in [2.45, 2.75) is 6.10 Å². The topological polar surface area (TPSA) is 54.3 Å². The summed E-state index contributed by atoms with van der Waals surface area (Å²) >= 11 is 3.32. The summed E-state index contributed by atoms with van der Waals surface area (Å²) in [5.74, 6) is -0.199. The molecule has 1 aromatic heterocycles. The van der Waals surface area contributed by atoms with E-state index >= 15 is 0 Å². The number of carbonyl (C=O) groups excluding carboxylic acids is 1. The number of aryl methyl sites for hydroxylation is 1. The van der Waals surface area contributed by atoms with Crippen LogP contribution < -0.4 is 5.32 Å². The van der Waals surface area contributed by atoms with Crippen LogP contribution in [0.1, 0.15) is 22.2 Å². The molecule has 0 fully saturated rings. The van der Waals surface area contributed by atoms with Gasteiger partial charge in [-0.2, -0.15) is 0 Å². The van der Waals surface area contributed by atoms with E-state index in [-0.39, 0.29) is 12.5 Å². The van der Waals surface area contributed by atoms with Gasteiger partial charge < -0.3 is 15.0 Å². The molecule has 2 N–H and O–H groups in total. The van der Waals surface area contributed by atoms with Crippen molar-refractivity contribution in [1.29, 1.82) is 0 Å². The van der Waals surface area contributed by atoms with Crippen molar-refractivity contribution in [1.82, 2.24) is 9.88 Å². The summed E-state index contributed by atoms with van der Waals surface area (Å²) in [5, 5.41) is 12.7. The van der Waals surface area contributed by atoms with Gasteiger partial charge >= 0.3 is 0 Å². The Morgan fingerprint density at radius 1 is 1.42 bits per heavy atom. The molecule has 5 heteroatoms. The number of amides is 1. The summed E-state index contributed by atoms with van der Waals surface area (Å²) < 4.78 is 2.68. The summed E-state index contributed by atoms with van der Waals surface area (Å²) in [5.41, 5.74) is 1.34. The quantitative estimate of drug-likeness (QED) is 0.907. The zero-order chi connectivity index (χ0) is 13.8. The number of aliphatic hydroxyl groups excluding tert-OH is 1. The number of benzene rings is 1. The lowest BCUT2D eigenvalue weighted by atomic mass is 10.2. The predicted molar refractivity (Wildman–Crippen MR) is 76.8 cm³/mol. The number of aromatic nitrogens is 1. The third-order valence-corrected chi connectivity index (χ3v) is 3.36. The first-order chi connectivity index (χ1) is 9.08. The molecule has 100 valence electrons. The molecule has 1 amide bonds. The molecule has 0 spiro atoms. The number of nitrogens with one attached hydrogen (secondary N) is 1. The van der Waals surface area contributed by atoms with Gasteiger partial charge in [0.25, 0.3) is 5.91 Å². The lowest BCUT2D eigenvalue weighted by Gasteiger charge is -2.13. The van der Waals surface area contributed by atoms with Crippen LogP contribution in [-0.2, 0) is 7.05 Å². The van der Waals surface area contributed by atoms with Crippen LogP contribution in [0.5, 0.6) is 0 Å². The molecule has 1 unspecified atom stereocenters. The minimum Gasteiger partial charge on any atom is -0.385 e. The summed E-state index contributed by atoms with van der Waals surface area (Å²) in [6, 6.07) is 10.8. The van der Waals surface area contributed by atoms with E-state index in [4.69, 9.17) is 0 Å². The van der Waals surface area contributed by atoms with E-state index in [2.05, 4.69) is 21.2 Å². The van der Waals surface area contributed by atoms with Gasteiger partial charge in [0.2, 0.25) is 0 Å². The Morgan fingerprint density at radius 2 is 2.21 bits per heavy atom. The Morgan fingerprint density at radius 3 is 2.84 bits per heavy atom. The molecule has 0 radical (unpaired) electrons. The normalized spacial score (nSPS) is 12.2. The van der Waals surface area contributed by atoms with Gasteiger partial charge in [0, 0.05) is 35.5 Å².